The van der Waals surface area contributed by atoms with Crippen LogP contribution in [0.5, 0.6) is 6.01 Å². The number of nitrogens with zero attached hydrogens (tertiary/aromatic N) is 6. The van der Waals surface area contributed by atoms with Crippen molar-refractivity contribution in [2.75, 3.05) is 26.1 Å². The van der Waals surface area contributed by atoms with Gasteiger partial charge in [0.1, 0.15) is 0 Å². The van der Waals surface area contributed by atoms with Gasteiger partial charge in [-0.25, -0.2) is 18.4 Å². The van der Waals surface area contributed by atoms with E-state index in [0.29, 0.717) is 35.0 Å². The second kappa shape index (κ2) is 12.4. The molecule has 8 rings (SSSR count). The number of methoxy groups -OCH3 is 1. The van der Waals surface area contributed by atoms with E-state index in [9.17, 15) is 8.42 Å². The first kappa shape index (κ1) is 31.2. The van der Waals surface area contributed by atoms with Gasteiger partial charge in [0, 0.05) is 53.2 Å². The van der Waals surface area contributed by atoms with E-state index in [1.807, 2.05) is 24.4 Å². The number of aliphatic imine (C=N–C) groups is 1. The number of hydrogen-bond acceptors (Lipinski definition) is 12. The summed E-state index contributed by atoms with van der Waals surface area (Å²) < 4.78 is 45.9. The molecule has 0 N–H and O–H groups in total. The van der Waals surface area contributed by atoms with Gasteiger partial charge in [0.25, 0.3) is 5.89 Å². The van der Waals surface area contributed by atoms with E-state index in [4.69, 9.17) is 24.0 Å². The molecule has 1 unspecified atom stereocenters. The van der Waals surface area contributed by atoms with Crippen LogP contribution < -0.4 is 4.74 Å². The fourth-order valence-electron chi connectivity index (χ4n) is 7.20. The van der Waals surface area contributed by atoms with Crippen LogP contribution in [-0.4, -0.2) is 65.3 Å². The molecule has 1 saturated heterocycles. The summed E-state index contributed by atoms with van der Waals surface area (Å²) in [6.07, 6.45) is 8.68. The van der Waals surface area contributed by atoms with Crippen molar-refractivity contribution in [2.24, 2.45) is 16.8 Å². The molecular weight excluding hydrogens is 649 g/mol. The minimum atomic E-state index is -3.70. The van der Waals surface area contributed by atoms with Crippen molar-refractivity contribution in [3.8, 4) is 27.9 Å². The lowest BCUT2D eigenvalue weighted by Gasteiger charge is -2.23. The fourth-order valence-corrected chi connectivity index (χ4v) is 10.6. The summed E-state index contributed by atoms with van der Waals surface area (Å²) in [6.45, 7) is 5.61. The lowest BCUT2D eigenvalue weighted by atomic mass is 9.89. The molecule has 5 aromatic heterocycles. The normalized spacial score (nSPS) is 19.8. The Hall–Kier alpha value is -4.07. The largest absolute Gasteiger partial charge is 0.465 e. The molecule has 48 heavy (non-hydrogen) atoms. The Kier molecular flexibility index (Phi) is 8.08. The third-order valence-corrected chi connectivity index (χ3v) is 12.8. The third-order valence-electron chi connectivity index (χ3n) is 9.76. The van der Waals surface area contributed by atoms with E-state index in [1.54, 1.807) is 6.20 Å². The molecule has 0 radical (unpaired) electrons. The van der Waals surface area contributed by atoms with E-state index < -0.39 is 9.84 Å². The number of aromatic nitrogens is 5. The van der Waals surface area contributed by atoms with Crippen LogP contribution in [0.1, 0.15) is 68.1 Å². The highest BCUT2D eigenvalue weighted by Gasteiger charge is 2.43. The Bertz CT molecular complexity index is 2170. The highest BCUT2D eigenvalue weighted by Crippen LogP contribution is 2.51. The Morgan fingerprint density at radius 1 is 1.08 bits per heavy atom. The van der Waals surface area contributed by atoms with E-state index in [-0.39, 0.29) is 34.4 Å². The SMILES string of the molecule is COc1noc(-c2c(CCC3CCOCC3)nc3c(c2-c2cc4ccnc(N=C5CCc6ncccc65)c4s2)S(=O)(=O)CC3C(C)C)n1. The second-order valence-electron chi connectivity index (χ2n) is 13.1. The summed E-state index contributed by atoms with van der Waals surface area (Å²) in [4.78, 5) is 25.0. The molecule has 0 saturated carbocycles. The maximum Gasteiger partial charge on any atom is 0.354 e. The van der Waals surface area contributed by atoms with Gasteiger partial charge < -0.3 is 14.0 Å². The van der Waals surface area contributed by atoms with Crippen molar-refractivity contribution in [3.63, 3.8) is 0 Å². The van der Waals surface area contributed by atoms with Gasteiger partial charge in [-0.2, -0.15) is 4.98 Å². The summed E-state index contributed by atoms with van der Waals surface area (Å²) in [5.41, 5.74) is 5.54. The van der Waals surface area contributed by atoms with Crippen molar-refractivity contribution >= 4 is 42.8 Å². The molecule has 248 valence electrons. The first-order valence-corrected chi connectivity index (χ1v) is 18.9. The van der Waals surface area contributed by atoms with Crippen LogP contribution in [0.4, 0.5) is 5.82 Å². The zero-order chi connectivity index (χ0) is 33.0. The first-order chi connectivity index (χ1) is 23.3. The average Bonchev–Trinajstić information content (AvgIpc) is 3.89. The molecule has 3 aliphatic rings. The van der Waals surface area contributed by atoms with Gasteiger partial charge in [-0.1, -0.05) is 13.8 Å². The van der Waals surface area contributed by atoms with Gasteiger partial charge in [-0.05, 0) is 85.2 Å². The van der Waals surface area contributed by atoms with E-state index in [0.717, 1.165) is 82.9 Å². The molecule has 5 aromatic rings. The Labute approximate surface area is 282 Å². The summed E-state index contributed by atoms with van der Waals surface area (Å²) in [5, 5.41) is 4.94. The number of aryl methyl sites for hydroxylation is 2. The Balaban J connectivity index is 1.35. The highest BCUT2D eigenvalue weighted by molar-refractivity contribution is 7.92. The summed E-state index contributed by atoms with van der Waals surface area (Å²) in [5.74, 6) is 1.13. The molecule has 2 aliphatic heterocycles. The number of pyridine rings is 3. The number of rotatable bonds is 8. The maximum atomic E-state index is 14.2. The van der Waals surface area contributed by atoms with E-state index in [2.05, 4.69) is 40.0 Å². The second-order valence-corrected chi connectivity index (χ2v) is 16.1. The molecule has 0 aromatic carbocycles. The van der Waals surface area contributed by atoms with Crippen molar-refractivity contribution in [3.05, 3.63) is 59.3 Å². The zero-order valence-corrected chi connectivity index (χ0v) is 28.7. The lowest BCUT2D eigenvalue weighted by Crippen LogP contribution is -2.17. The fraction of sp³-hybridized carbons (Fsp3) is 0.429. The average molecular weight is 685 g/mol. The quantitative estimate of drug-likeness (QED) is 0.172. The summed E-state index contributed by atoms with van der Waals surface area (Å²) >= 11 is 1.48. The van der Waals surface area contributed by atoms with Crippen LogP contribution >= 0.6 is 11.3 Å². The lowest BCUT2D eigenvalue weighted by molar-refractivity contribution is 0.0639. The number of sulfone groups is 1. The van der Waals surface area contributed by atoms with Crippen LogP contribution in [0.25, 0.3) is 32.0 Å². The third kappa shape index (κ3) is 5.51. The predicted octanol–water partition coefficient (Wildman–Crippen LogP) is 6.77. The molecule has 0 amide bonds. The van der Waals surface area contributed by atoms with Gasteiger partial charge >= 0.3 is 6.01 Å². The molecule has 0 spiro atoms. The zero-order valence-electron chi connectivity index (χ0n) is 27.1. The first-order valence-electron chi connectivity index (χ1n) is 16.5. The molecule has 0 bridgehead atoms. The molecule has 1 atom stereocenters. The molecule has 7 heterocycles. The van der Waals surface area contributed by atoms with Crippen LogP contribution in [-0.2, 0) is 27.4 Å². The van der Waals surface area contributed by atoms with Crippen molar-refractivity contribution in [1.82, 2.24) is 25.1 Å². The molecule has 1 aliphatic carbocycles. The van der Waals surface area contributed by atoms with Gasteiger partial charge in [0.15, 0.2) is 15.7 Å². The molecular formula is C35H36N6O5S2. The predicted molar refractivity (Wildman–Crippen MR) is 183 cm³/mol. The monoisotopic (exact) mass is 684 g/mol. The van der Waals surface area contributed by atoms with E-state index in [1.165, 1.54) is 18.4 Å². The minimum Gasteiger partial charge on any atom is -0.465 e. The number of fused-ring (bicyclic) bond motifs is 3. The van der Waals surface area contributed by atoms with Crippen molar-refractivity contribution in [1.29, 1.82) is 0 Å². The van der Waals surface area contributed by atoms with Crippen LogP contribution in [0.3, 0.4) is 0 Å². The molecule has 1 fully saturated rings. The number of thiophene rings is 1. The summed E-state index contributed by atoms with van der Waals surface area (Å²) in [6, 6.07) is 8.02. The van der Waals surface area contributed by atoms with Gasteiger partial charge in [-0.3, -0.25) is 9.97 Å². The van der Waals surface area contributed by atoms with Crippen molar-refractivity contribution in [2.45, 2.75) is 63.2 Å². The van der Waals surface area contributed by atoms with Crippen LogP contribution in [0, 0.1) is 11.8 Å². The minimum absolute atomic E-state index is 0.00874. The molecule has 13 heteroatoms. The maximum absolute atomic E-state index is 14.2. The van der Waals surface area contributed by atoms with Crippen molar-refractivity contribution < 1.29 is 22.4 Å². The van der Waals surface area contributed by atoms with E-state index >= 15 is 0 Å². The highest BCUT2D eigenvalue weighted by atomic mass is 32.2. The molecule has 11 nitrogen and oxygen atoms in total. The number of ether oxygens (including phenoxy) is 2. The van der Waals surface area contributed by atoms with Crippen LogP contribution in [0.2, 0.25) is 0 Å². The topological polar surface area (TPSA) is 143 Å². The van der Waals surface area contributed by atoms with Gasteiger partial charge in [0.05, 0.1) is 45.1 Å². The summed E-state index contributed by atoms with van der Waals surface area (Å²) in [7, 11) is -2.23. The van der Waals surface area contributed by atoms with Crippen LogP contribution in [0.15, 0.2) is 51.1 Å². The van der Waals surface area contributed by atoms with Gasteiger partial charge in [-0.15, -0.1) is 11.3 Å². The standard InChI is InChI=1S/C35H36N6O5S2/c1-19(2)23-18-48(42,43)32-29(27-17-21-10-14-37-33(31(21)47-27)39-25-9-8-24-22(25)5-4-13-36-24)28(34-40-35(44-3)41-46-34)26(38-30(23)32)7-6-20-11-15-45-16-12-20/h4-5,10,13-14,17,19-20,23H,6-9,11-12,15-16,18H2,1-3H3. The Morgan fingerprint density at radius 3 is 2.73 bits per heavy atom. The van der Waals surface area contributed by atoms with Gasteiger partial charge in [0.2, 0.25) is 0 Å². The Morgan fingerprint density at radius 2 is 1.94 bits per heavy atom. The smallest absolute Gasteiger partial charge is 0.354 e. The number of hydrogen-bond donors (Lipinski definition) is 0.